The van der Waals surface area contributed by atoms with Crippen molar-refractivity contribution in [3.63, 3.8) is 0 Å². The summed E-state index contributed by atoms with van der Waals surface area (Å²) < 4.78 is 1.47. The largest absolute Gasteiger partial charge is 0.286 e. The molecular weight excluding hydrogens is 432 g/mol. The SMILES string of the molecule is O=c1c(SCc2ccc(Cl)cc2)c(SCc2ccccc2)cnn1-c1ccccc1. The van der Waals surface area contributed by atoms with E-state index in [1.165, 1.54) is 22.0 Å². The van der Waals surface area contributed by atoms with Gasteiger partial charge in [0.25, 0.3) is 5.56 Å². The zero-order valence-corrected chi connectivity index (χ0v) is 18.5. The van der Waals surface area contributed by atoms with Crippen LogP contribution in [-0.4, -0.2) is 9.78 Å². The number of rotatable bonds is 7. The molecule has 150 valence electrons. The van der Waals surface area contributed by atoms with Gasteiger partial charge in [0.1, 0.15) is 0 Å². The highest BCUT2D eigenvalue weighted by Gasteiger charge is 2.14. The lowest BCUT2D eigenvalue weighted by atomic mass is 10.2. The van der Waals surface area contributed by atoms with Crippen LogP contribution in [0.15, 0.2) is 106 Å². The minimum absolute atomic E-state index is 0.0989. The maximum atomic E-state index is 13.3. The van der Waals surface area contributed by atoms with E-state index in [9.17, 15) is 4.79 Å². The minimum Gasteiger partial charge on any atom is -0.266 e. The summed E-state index contributed by atoms with van der Waals surface area (Å²) >= 11 is 9.17. The molecule has 0 amide bonds. The van der Waals surface area contributed by atoms with Crippen molar-refractivity contribution in [2.24, 2.45) is 0 Å². The van der Waals surface area contributed by atoms with Crippen LogP contribution in [0.5, 0.6) is 0 Å². The molecule has 3 aromatic carbocycles. The van der Waals surface area contributed by atoms with Crippen LogP contribution in [0, 0.1) is 0 Å². The van der Waals surface area contributed by atoms with E-state index in [1.807, 2.05) is 72.8 Å². The van der Waals surface area contributed by atoms with Crippen molar-refractivity contribution in [2.75, 3.05) is 0 Å². The number of benzene rings is 3. The van der Waals surface area contributed by atoms with E-state index in [0.717, 1.165) is 21.9 Å². The van der Waals surface area contributed by atoms with Gasteiger partial charge in [-0.1, -0.05) is 72.3 Å². The predicted octanol–water partition coefficient (Wildman–Crippen LogP) is 6.47. The number of hydrogen-bond donors (Lipinski definition) is 0. The first-order chi connectivity index (χ1) is 14.7. The van der Waals surface area contributed by atoms with Gasteiger partial charge in [-0.15, -0.1) is 23.5 Å². The van der Waals surface area contributed by atoms with Crippen LogP contribution in [0.4, 0.5) is 0 Å². The molecule has 0 radical (unpaired) electrons. The van der Waals surface area contributed by atoms with Crippen LogP contribution in [0.1, 0.15) is 11.1 Å². The fraction of sp³-hybridized carbons (Fsp3) is 0.0833. The first-order valence-corrected chi connectivity index (χ1v) is 11.8. The molecule has 0 aliphatic carbocycles. The molecule has 0 fully saturated rings. The average Bonchev–Trinajstić information content (AvgIpc) is 2.79. The molecule has 1 aromatic heterocycles. The summed E-state index contributed by atoms with van der Waals surface area (Å²) in [6, 6.07) is 27.5. The van der Waals surface area contributed by atoms with Gasteiger partial charge in [-0.2, -0.15) is 9.78 Å². The molecule has 0 saturated heterocycles. The second-order valence-electron chi connectivity index (χ2n) is 6.58. The van der Waals surface area contributed by atoms with Gasteiger partial charge in [0.15, 0.2) is 0 Å². The fourth-order valence-corrected chi connectivity index (χ4v) is 5.13. The smallest absolute Gasteiger partial charge is 0.266 e. The number of halogens is 1. The number of thioether (sulfide) groups is 2. The molecule has 3 nitrogen and oxygen atoms in total. The molecule has 0 unspecified atom stereocenters. The van der Waals surface area contributed by atoms with Crippen LogP contribution in [0.3, 0.4) is 0 Å². The third-order valence-corrected chi connectivity index (χ3v) is 7.08. The van der Waals surface area contributed by atoms with E-state index in [0.29, 0.717) is 15.7 Å². The Morgan fingerprint density at radius 3 is 2.07 bits per heavy atom. The van der Waals surface area contributed by atoms with Crippen molar-refractivity contribution >= 4 is 35.1 Å². The molecule has 6 heteroatoms. The van der Waals surface area contributed by atoms with Crippen molar-refractivity contribution in [1.29, 1.82) is 0 Å². The lowest BCUT2D eigenvalue weighted by Crippen LogP contribution is -2.23. The normalized spacial score (nSPS) is 10.8. The van der Waals surface area contributed by atoms with Crippen LogP contribution in [-0.2, 0) is 11.5 Å². The van der Waals surface area contributed by atoms with Gasteiger partial charge in [-0.25, -0.2) is 0 Å². The van der Waals surface area contributed by atoms with Crippen LogP contribution < -0.4 is 5.56 Å². The van der Waals surface area contributed by atoms with Crippen LogP contribution in [0.25, 0.3) is 5.69 Å². The fourth-order valence-electron chi connectivity index (χ4n) is 2.88. The lowest BCUT2D eigenvalue weighted by Gasteiger charge is -2.12. The van der Waals surface area contributed by atoms with Crippen molar-refractivity contribution in [2.45, 2.75) is 21.3 Å². The first kappa shape index (κ1) is 20.8. The Balaban J connectivity index is 1.64. The third-order valence-electron chi connectivity index (χ3n) is 4.44. The molecule has 1 heterocycles. The Bertz CT molecular complexity index is 1160. The Labute approximate surface area is 189 Å². The van der Waals surface area contributed by atoms with E-state index in [1.54, 1.807) is 18.0 Å². The second-order valence-corrected chi connectivity index (χ2v) is 9.02. The van der Waals surface area contributed by atoms with E-state index in [-0.39, 0.29) is 5.56 Å². The maximum Gasteiger partial charge on any atom is 0.286 e. The second kappa shape index (κ2) is 10.0. The molecule has 0 saturated carbocycles. The quantitative estimate of drug-likeness (QED) is 0.302. The topological polar surface area (TPSA) is 34.9 Å². The van der Waals surface area contributed by atoms with Crippen molar-refractivity contribution in [1.82, 2.24) is 9.78 Å². The van der Waals surface area contributed by atoms with Crippen LogP contribution >= 0.6 is 35.1 Å². The molecule has 4 aromatic rings. The Kier molecular flexibility index (Phi) is 6.95. The highest BCUT2D eigenvalue weighted by atomic mass is 35.5. The molecule has 0 aliphatic heterocycles. The number of para-hydroxylation sites is 1. The summed E-state index contributed by atoms with van der Waals surface area (Å²) in [4.78, 5) is 14.9. The van der Waals surface area contributed by atoms with Crippen LogP contribution in [0.2, 0.25) is 5.02 Å². The summed E-state index contributed by atoms with van der Waals surface area (Å²) in [5.74, 6) is 1.47. The van der Waals surface area contributed by atoms with E-state index in [4.69, 9.17) is 11.6 Å². The van der Waals surface area contributed by atoms with Crippen molar-refractivity contribution in [3.05, 3.63) is 118 Å². The third kappa shape index (κ3) is 5.17. The average molecular weight is 451 g/mol. The van der Waals surface area contributed by atoms with Gasteiger partial charge in [0.2, 0.25) is 0 Å². The molecule has 4 rings (SSSR count). The summed E-state index contributed by atoms with van der Waals surface area (Å²) in [5, 5.41) is 5.15. The summed E-state index contributed by atoms with van der Waals surface area (Å²) in [6.45, 7) is 0. The van der Waals surface area contributed by atoms with E-state index < -0.39 is 0 Å². The highest BCUT2D eigenvalue weighted by molar-refractivity contribution is 8.01. The lowest BCUT2D eigenvalue weighted by molar-refractivity contribution is 0.756. The number of nitrogens with zero attached hydrogens (tertiary/aromatic N) is 2. The maximum absolute atomic E-state index is 13.3. The predicted molar refractivity (Wildman–Crippen MR) is 127 cm³/mol. The molecule has 0 N–H and O–H groups in total. The van der Waals surface area contributed by atoms with Gasteiger partial charge >= 0.3 is 0 Å². The summed E-state index contributed by atoms with van der Waals surface area (Å²) in [5.41, 5.74) is 2.99. The monoisotopic (exact) mass is 450 g/mol. The molecular formula is C24H19ClN2OS2. The van der Waals surface area contributed by atoms with Gasteiger partial charge in [-0.05, 0) is 35.4 Å². The summed E-state index contributed by atoms with van der Waals surface area (Å²) in [7, 11) is 0. The number of hydrogen-bond acceptors (Lipinski definition) is 4. The van der Waals surface area contributed by atoms with E-state index >= 15 is 0 Å². The summed E-state index contributed by atoms with van der Waals surface area (Å²) in [6.07, 6.45) is 1.80. The Morgan fingerprint density at radius 2 is 1.37 bits per heavy atom. The Morgan fingerprint density at radius 1 is 0.767 bits per heavy atom. The molecule has 0 atom stereocenters. The first-order valence-electron chi connectivity index (χ1n) is 9.42. The highest BCUT2D eigenvalue weighted by Crippen LogP contribution is 2.32. The van der Waals surface area contributed by atoms with Crippen molar-refractivity contribution < 1.29 is 0 Å². The Hall–Kier alpha value is -2.47. The molecule has 0 aliphatic rings. The number of aromatic nitrogens is 2. The van der Waals surface area contributed by atoms with Gasteiger partial charge in [0.05, 0.1) is 16.8 Å². The van der Waals surface area contributed by atoms with Crippen molar-refractivity contribution in [3.8, 4) is 5.69 Å². The molecule has 0 bridgehead atoms. The van der Waals surface area contributed by atoms with Gasteiger partial charge in [0, 0.05) is 21.4 Å². The molecule has 30 heavy (non-hydrogen) atoms. The minimum atomic E-state index is -0.0989. The van der Waals surface area contributed by atoms with Gasteiger partial charge < -0.3 is 0 Å². The van der Waals surface area contributed by atoms with E-state index in [2.05, 4.69) is 17.2 Å². The zero-order valence-electron chi connectivity index (χ0n) is 16.1. The molecule has 0 spiro atoms. The zero-order chi connectivity index (χ0) is 20.8. The van der Waals surface area contributed by atoms with Gasteiger partial charge in [-0.3, -0.25) is 4.79 Å². The standard InChI is InChI=1S/C24H19ClN2OS2/c25-20-13-11-19(12-14-20)17-30-23-22(29-16-18-7-3-1-4-8-18)15-26-27(24(23)28)21-9-5-2-6-10-21/h1-15H,16-17H2.